The third kappa shape index (κ3) is 3.87. The lowest BCUT2D eigenvalue weighted by atomic mass is 10.1. The minimum Gasteiger partial charge on any atom is -0.484 e. The van der Waals surface area contributed by atoms with Crippen molar-refractivity contribution in [2.24, 2.45) is 0 Å². The van der Waals surface area contributed by atoms with Crippen LogP contribution in [0.4, 0.5) is 0 Å². The van der Waals surface area contributed by atoms with Crippen molar-refractivity contribution >= 4 is 28.4 Å². The number of likely N-dealkylation sites (tertiary alicyclic amines) is 1. The lowest BCUT2D eigenvalue weighted by Gasteiger charge is -2.33. The van der Waals surface area contributed by atoms with E-state index in [9.17, 15) is 9.59 Å². The largest absolute Gasteiger partial charge is 0.484 e. The van der Waals surface area contributed by atoms with E-state index in [2.05, 4.69) is 4.98 Å². The fourth-order valence-corrected chi connectivity index (χ4v) is 3.64. The van der Waals surface area contributed by atoms with E-state index in [4.69, 9.17) is 16.3 Å². The maximum atomic E-state index is 12.8. The van der Waals surface area contributed by atoms with E-state index in [0.29, 0.717) is 34.8 Å². The first-order valence-corrected chi connectivity index (χ1v) is 9.61. The second kappa shape index (κ2) is 8.02. The van der Waals surface area contributed by atoms with Gasteiger partial charge in [-0.15, -0.1) is 0 Å². The average molecular weight is 398 g/mol. The number of ether oxygens (including phenoxy) is 1. The van der Waals surface area contributed by atoms with Gasteiger partial charge in [0, 0.05) is 18.1 Å². The first-order valence-electron chi connectivity index (χ1n) is 9.24. The first kappa shape index (κ1) is 18.5. The third-order valence-corrected chi connectivity index (χ3v) is 5.26. The number of para-hydroxylation sites is 1. The maximum Gasteiger partial charge on any atom is 0.261 e. The van der Waals surface area contributed by atoms with Gasteiger partial charge in [-0.1, -0.05) is 23.7 Å². The highest BCUT2D eigenvalue weighted by molar-refractivity contribution is 6.30. The molecule has 0 spiro atoms. The van der Waals surface area contributed by atoms with Crippen molar-refractivity contribution in [3.05, 3.63) is 70.2 Å². The van der Waals surface area contributed by atoms with Gasteiger partial charge in [0.1, 0.15) is 5.75 Å². The summed E-state index contributed by atoms with van der Waals surface area (Å²) in [7, 11) is 0. The van der Waals surface area contributed by atoms with E-state index in [1.54, 1.807) is 46.1 Å². The van der Waals surface area contributed by atoms with Crippen molar-refractivity contribution in [2.45, 2.75) is 18.9 Å². The SMILES string of the molecule is O=C(COc1ccc(Cl)cc1)N1CCC[C@H](n2cnc3ccccc3c2=O)C1. The second-order valence-electron chi connectivity index (χ2n) is 6.85. The Bertz CT molecular complexity index is 1050. The number of benzene rings is 2. The Morgan fingerprint density at radius 1 is 1.18 bits per heavy atom. The summed E-state index contributed by atoms with van der Waals surface area (Å²) in [6.45, 7) is 1.09. The lowest BCUT2D eigenvalue weighted by molar-refractivity contribution is -0.135. The van der Waals surface area contributed by atoms with Crippen LogP contribution in [-0.2, 0) is 4.79 Å². The Labute approximate surface area is 167 Å². The van der Waals surface area contributed by atoms with Crippen molar-refractivity contribution in [1.29, 1.82) is 0 Å². The second-order valence-corrected chi connectivity index (χ2v) is 7.29. The summed E-state index contributed by atoms with van der Waals surface area (Å²) in [5, 5.41) is 1.21. The predicted molar refractivity (Wildman–Crippen MR) is 108 cm³/mol. The van der Waals surface area contributed by atoms with Crippen LogP contribution in [0.15, 0.2) is 59.7 Å². The number of carbonyl (C=O) groups is 1. The van der Waals surface area contributed by atoms with Crippen molar-refractivity contribution in [3.8, 4) is 5.75 Å². The van der Waals surface area contributed by atoms with Crippen LogP contribution in [0.5, 0.6) is 5.75 Å². The van der Waals surface area contributed by atoms with Gasteiger partial charge in [0.05, 0.1) is 23.3 Å². The molecule has 1 aliphatic heterocycles. The monoisotopic (exact) mass is 397 g/mol. The minimum absolute atomic E-state index is 0.0424. The molecule has 1 amide bonds. The van der Waals surface area contributed by atoms with Crippen LogP contribution in [0.2, 0.25) is 5.02 Å². The molecule has 2 aromatic carbocycles. The summed E-state index contributed by atoms with van der Waals surface area (Å²) in [6.07, 6.45) is 3.26. The van der Waals surface area contributed by atoms with E-state index >= 15 is 0 Å². The number of amides is 1. The zero-order chi connectivity index (χ0) is 19.5. The van der Waals surface area contributed by atoms with Crippen LogP contribution in [0.25, 0.3) is 10.9 Å². The Hall–Kier alpha value is -2.86. The van der Waals surface area contributed by atoms with Gasteiger partial charge < -0.3 is 9.64 Å². The van der Waals surface area contributed by atoms with Crippen molar-refractivity contribution in [2.75, 3.05) is 19.7 Å². The highest BCUT2D eigenvalue weighted by atomic mass is 35.5. The molecular weight excluding hydrogens is 378 g/mol. The first-order chi connectivity index (χ1) is 13.6. The van der Waals surface area contributed by atoms with Crippen LogP contribution < -0.4 is 10.3 Å². The molecule has 0 unspecified atom stereocenters. The molecule has 144 valence electrons. The number of carbonyl (C=O) groups excluding carboxylic acids is 1. The highest BCUT2D eigenvalue weighted by Gasteiger charge is 2.26. The molecule has 2 heterocycles. The standard InChI is InChI=1S/C21H20ClN3O3/c22-15-7-9-17(10-8-15)28-13-20(26)24-11-3-4-16(12-24)25-14-23-19-6-2-1-5-18(19)21(25)27/h1-2,5-10,14,16H,3-4,11-13H2/t16-/m0/s1. The minimum atomic E-state index is -0.0959. The molecule has 3 aromatic rings. The summed E-state index contributed by atoms with van der Waals surface area (Å²) in [6, 6.07) is 14.1. The van der Waals surface area contributed by atoms with Gasteiger partial charge in [0.15, 0.2) is 6.61 Å². The Balaban J connectivity index is 1.45. The van der Waals surface area contributed by atoms with E-state index < -0.39 is 0 Å². The number of hydrogen-bond donors (Lipinski definition) is 0. The number of aromatic nitrogens is 2. The van der Waals surface area contributed by atoms with Gasteiger partial charge >= 0.3 is 0 Å². The van der Waals surface area contributed by atoms with E-state index in [0.717, 1.165) is 12.8 Å². The molecule has 0 bridgehead atoms. The molecule has 1 atom stereocenters. The summed E-state index contributed by atoms with van der Waals surface area (Å²) in [5.74, 6) is 0.503. The summed E-state index contributed by atoms with van der Waals surface area (Å²) in [5.41, 5.74) is 0.617. The molecule has 0 saturated carbocycles. The fraction of sp³-hybridized carbons (Fsp3) is 0.286. The van der Waals surface area contributed by atoms with Gasteiger partial charge in [0.25, 0.3) is 11.5 Å². The van der Waals surface area contributed by atoms with Crippen LogP contribution in [0.1, 0.15) is 18.9 Å². The van der Waals surface area contributed by atoms with E-state index in [1.165, 1.54) is 0 Å². The van der Waals surface area contributed by atoms with Gasteiger partial charge in [0.2, 0.25) is 0 Å². The van der Waals surface area contributed by atoms with Gasteiger partial charge in [-0.2, -0.15) is 0 Å². The van der Waals surface area contributed by atoms with Crippen LogP contribution >= 0.6 is 11.6 Å². The Kier molecular flexibility index (Phi) is 5.30. The third-order valence-electron chi connectivity index (χ3n) is 5.01. The number of fused-ring (bicyclic) bond motifs is 1. The summed E-state index contributed by atoms with van der Waals surface area (Å²) < 4.78 is 7.22. The molecule has 28 heavy (non-hydrogen) atoms. The molecule has 1 fully saturated rings. The average Bonchev–Trinajstić information content (AvgIpc) is 2.74. The highest BCUT2D eigenvalue weighted by Crippen LogP contribution is 2.21. The maximum absolute atomic E-state index is 12.8. The normalized spacial score (nSPS) is 16.9. The molecule has 0 N–H and O–H groups in total. The van der Waals surface area contributed by atoms with Crippen molar-refractivity contribution in [1.82, 2.24) is 14.5 Å². The Morgan fingerprint density at radius 3 is 2.79 bits per heavy atom. The van der Waals surface area contributed by atoms with Gasteiger partial charge in [-0.25, -0.2) is 4.98 Å². The predicted octanol–water partition coefficient (Wildman–Crippen LogP) is 3.29. The molecule has 0 aliphatic carbocycles. The Morgan fingerprint density at radius 2 is 1.96 bits per heavy atom. The number of hydrogen-bond acceptors (Lipinski definition) is 4. The van der Waals surface area contributed by atoms with Crippen molar-refractivity contribution < 1.29 is 9.53 Å². The smallest absolute Gasteiger partial charge is 0.261 e. The zero-order valence-electron chi connectivity index (χ0n) is 15.3. The van der Waals surface area contributed by atoms with Crippen LogP contribution in [0.3, 0.4) is 0 Å². The number of nitrogens with zero attached hydrogens (tertiary/aromatic N) is 3. The van der Waals surface area contributed by atoms with Crippen LogP contribution in [0, 0.1) is 0 Å². The van der Waals surface area contributed by atoms with Gasteiger partial charge in [-0.05, 0) is 49.2 Å². The molecular formula is C21H20ClN3O3. The van der Waals surface area contributed by atoms with E-state index in [-0.39, 0.29) is 24.1 Å². The quantitative estimate of drug-likeness (QED) is 0.677. The topological polar surface area (TPSA) is 64.4 Å². The van der Waals surface area contributed by atoms with Crippen molar-refractivity contribution in [3.63, 3.8) is 0 Å². The number of halogens is 1. The number of piperidine rings is 1. The fourth-order valence-electron chi connectivity index (χ4n) is 3.52. The molecule has 7 heteroatoms. The molecule has 1 saturated heterocycles. The molecule has 1 aliphatic rings. The zero-order valence-corrected chi connectivity index (χ0v) is 16.0. The lowest BCUT2D eigenvalue weighted by Crippen LogP contribution is -2.44. The molecule has 4 rings (SSSR count). The van der Waals surface area contributed by atoms with E-state index in [1.807, 2.05) is 18.2 Å². The molecule has 6 nitrogen and oxygen atoms in total. The number of rotatable bonds is 4. The van der Waals surface area contributed by atoms with Crippen LogP contribution in [-0.4, -0.2) is 40.1 Å². The molecule has 1 aromatic heterocycles. The van der Waals surface area contributed by atoms with Gasteiger partial charge in [-0.3, -0.25) is 14.2 Å². The molecule has 0 radical (unpaired) electrons. The summed E-state index contributed by atoms with van der Waals surface area (Å²) >= 11 is 5.86. The summed E-state index contributed by atoms with van der Waals surface area (Å²) in [4.78, 5) is 31.6.